The van der Waals surface area contributed by atoms with Crippen molar-refractivity contribution >= 4 is 16.6 Å². The summed E-state index contributed by atoms with van der Waals surface area (Å²) >= 11 is 0. The van der Waals surface area contributed by atoms with Crippen molar-refractivity contribution in [1.82, 2.24) is 10.2 Å². The van der Waals surface area contributed by atoms with Gasteiger partial charge in [0.1, 0.15) is 0 Å². The lowest BCUT2D eigenvalue weighted by atomic mass is 10.1. The highest BCUT2D eigenvalue weighted by Gasteiger charge is 2.10. The van der Waals surface area contributed by atoms with Gasteiger partial charge in [0, 0.05) is 24.5 Å². The second kappa shape index (κ2) is 6.28. The van der Waals surface area contributed by atoms with Crippen molar-refractivity contribution in [1.29, 1.82) is 0 Å². The minimum absolute atomic E-state index is 0.0279. The summed E-state index contributed by atoms with van der Waals surface area (Å²) in [6.07, 6.45) is 2.34. The van der Waals surface area contributed by atoms with Gasteiger partial charge < -0.3 is 15.2 Å². The predicted octanol–water partition coefficient (Wildman–Crippen LogP) is 1.44. The van der Waals surface area contributed by atoms with Gasteiger partial charge >= 0.3 is 0 Å². The highest BCUT2D eigenvalue weighted by atomic mass is 16.5. The Hall–Kier alpha value is -1.72. The minimum Gasteiger partial charge on any atom is -0.396 e. The highest BCUT2D eigenvalue weighted by Crippen LogP contribution is 2.20. The maximum Gasteiger partial charge on any atom is 0.156 e. The van der Waals surface area contributed by atoms with E-state index in [0.717, 1.165) is 16.6 Å². The second-order valence-corrected chi connectivity index (χ2v) is 4.09. The van der Waals surface area contributed by atoms with E-state index in [-0.39, 0.29) is 12.6 Å². The van der Waals surface area contributed by atoms with Gasteiger partial charge in [-0.05, 0) is 6.42 Å². The average Bonchev–Trinajstić information content (AvgIpc) is 2.40. The Morgan fingerprint density at radius 1 is 1.39 bits per heavy atom. The first-order valence-corrected chi connectivity index (χ1v) is 5.92. The third-order valence-electron chi connectivity index (χ3n) is 2.76. The Bertz CT molecular complexity index is 493. The molecule has 1 aromatic carbocycles. The number of methoxy groups -OCH3 is 1. The van der Waals surface area contributed by atoms with E-state index >= 15 is 0 Å². The normalized spacial score (nSPS) is 12.6. The van der Waals surface area contributed by atoms with E-state index in [4.69, 9.17) is 9.84 Å². The van der Waals surface area contributed by atoms with E-state index in [9.17, 15) is 0 Å². The van der Waals surface area contributed by atoms with Gasteiger partial charge in [0.2, 0.25) is 0 Å². The summed E-state index contributed by atoms with van der Waals surface area (Å²) < 4.78 is 5.12. The minimum atomic E-state index is 0.0279. The lowest BCUT2D eigenvalue weighted by molar-refractivity contribution is 0.170. The number of anilines is 1. The zero-order chi connectivity index (χ0) is 12.8. The molecule has 0 amide bonds. The zero-order valence-corrected chi connectivity index (χ0v) is 10.3. The molecule has 1 unspecified atom stereocenters. The Morgan fingerprint density at radius 3 is 3.00 bits per heavy atom. The van der Waals surface area contributed by atoms with E-state index in [1.165, 1.54) is 0 Å². The van der Waals surface area contributed by atoms with Crippen molar-refractivity contribution in [3.05, 3.63) is 30.5 Å². The first-order valence-electron chi connectivity index (χ1n) is 5.92. The third kappa shape index (κ3) is 2.94. The van der Waals surface area contributed by atoms with E-state index in [1.54, 1.807) is 13.3 Å². The van der Waals surface area contributed by atoms with Gasteiger partial charge in [-0.15, -0.1) is 5.10 Å². The molecule has 5 heteroatoms. The number of rotatable bonds is 6. The predicted molar refractivity (Wildman–Crippen MR) is 70.5 cm³/mol. The van der Waals surface area contributed by atoms with Crippen LogP contribution in [0.1, 0.15) is 6.42 Å². The lowest BCUT2D eigenvalue weighted by Crippen LogP contribution is -2.26. The van der Waals surface area contributed by atoms with Crippen molar-refractivity contribution in [3.8, 4) is 0 Å². The molecular formula is C13H17N3O2. The van der Waals surface area contributed by atoms with Gasteiger partial charge in [-0.2, -0.15) is 5.10 Å². The van der Waals surface area contributed by atoms with Crippen molar-refractivity contribution in [2.24, 2.45) is 0 Å². The van der Waals surface area contributed by atoms with Crippen LogP contribution in [-0.4, -0.2) is 41.7 Å². The topological polar surface area (TPSA) is 67.3 Å². The molecule has 0 bridgehead atoms. The molecule has 5 nitrogen and oxygen atoms in total. The maximum absolute atomic E-state index is 9.02. The van der Waals surface area contributed by atoms with Crippen molar-refractivity contribution < 1.29 is 9.84 Å². The largest absolute Gasteiger partial charge is 0.396 e. The van der Waals surface area contributed by atoms with Crippen LogP contribution in [0, 0.1) is 0 Å². The fraction of sp³-hybridized carbons (Fsp3) is 0.385. The van der Waals surface area contributed by atoms with Crippen molar-refractivity contribution in [3.63, 3.8) is 0 Å². The molecule has 0 spiro atoms. The van der Waals surface area contributed by atoms with Gasteiger partial charge in [0.15, 0.2) is 5.82 Å². The number of aromatic nitrogens is 2. The summed E-state index contributed by atoms with van der Waals surface area (Å²) in [5, 5.41) is 22.4. The Balaban J connectivity index is 2.24. The van der Waals surface area contributed by atoms with Crippen LogP contribution in [0.3, 0.4) is 0 Å². The summed E-state index contributed by atoms with van der Waals surface area (Å²) in [4.78, 5) is 0. The first-order chi connectivity index (χ1) is 8.85. The van der Waals surface area contributed by atoms with Crippen LogP contribution in [0.2, 0.25) is 0 Å². The van der Waals surface area contributed by atoms with Crippen molar-refractivity contribution in [2.75, 3.05) is 25.6 Å². The summed E-state index contributed by atoms with van der Waals surface area (Å²) in [6, 6.07) is 7.95. The second-order valence-electron chi connectivity index (χ2n) is 4.09. The Kier molecular flexibility index (Phi) is 4.44. The average molecular weight is 247 g/mol. The van der Waals surface area contributed by atoms with E-state index in [0.29, 0.717) is 13.0 Å². The number of hydrogen-bond acceptors (Lipinski definition) is 5. The van der Waals surface area contributed by atoms with E-state index < -0.39 is 0 Å². The van der Waals surface area contributed by atoms with Gasteiger partial charge in [0.05, 0.1) is 18.8 Å². The van der Waals surface area contributed by atoms with Crippen LogP contribution in [0.25, 0.3) is 10.8 Å². The maximum atomic E-state index is 9.02. The summed E-state index contributed by atoms with van der Waals surface area (Å²) in [5.41, 5.74) is 0. The van der Waals surface area contributed by atoms with Crippen molar-refractivity contribution in [2.45, 2.75) is 12.5 Å². The molecule has 18 heavy (non-hydrogen) atoms. The molecule has 96 valence electrons. The van der Waals surface area contributed by atoms with Crippen LogP contribution >= 0.6 is 0 Å². The fourth-order valence-corrected chi connectivity index (χ4v) is 1.88. The van der Waals surface area contributed by atoms with Gasteiger partial charge in [-0.25, -0.2) is 0 Å². The number of fused-ring (bicyclic) bond motifs is 1. The molecule has 0 fully saturated rings. The molecule has 0 aliphatic carbocycles. The van der Waals surface area contributed by atoms with E-state index in [2.05, 4.69) is 15.5 Å². The molecule has 2 N–H and O–H groups in total. The molecule has 1 heterocycles. The zero-order valence-electron chi connectivity index (χ0n) is 10.3. The molecule has 0 aliphatic rings. The first kappa shape index (κ1) is 12.7. The molecule has 0 saturated carbocycles. The Labute approximate surface area is 106 Å². The van der Waals surface area contributed by atoms with Crippen LogP contribution in [0.4, 0.5) is 5.82 Å². The summed E-state index contributed by atoms with van der Waals surface area (Å²) in [7, 11) is 1.64. The monoisotopic (exact) mass is 247 g/mol. The molecule has 0 aliphatic heterocycles. The molecule has 2 rings (SSSR count). The lowest BCUT2D eigenvalue weighted by Gasteiger charge is -2.17. The molecule has 0 radical (unpaired) electrons. The van der Waals surface area contributed by atoms with Gasteiger partial charge in [-0.1, -0.05) is 24.3 Å². The number of aliphatic hydroxyl groups is 1. The number of nitrogens with zero attached hydrogens (tertiary/aromatic N) is 2. The molecular weight excluding hydrogens is 230 g/mol. The fourth-order valence-electron chi connectivity index (χ4n) is 1.88. The molecule has 2 aromatic rings. The number of nitrogens with one attached hydrogen (secondary N) is 1. The van der Waals surface area contributed by atoms with Crippen LogP contribution in [0.5, 0.6) is 0 Å². The molecule has 1 aromatic heterocycles. The highest BCUT2D eigenvalue weighted by molar-refractivity contribution is 5.90. The van der Waals surface area contributed by atoms with Gasteiger partial charge in [0.25, 0.3) is 0 Å². The summed E-state index contributed by atoms with van der Waals surface area (Å²) in [6.45, 7) is 0.630. The van der Waals surface area contributed by atoms with E-state index in [1.807, 2.05) is 24.3 Å². The number of benzene rings is 1. The summed E-state index contributed by atoms with van der Waals surface area (Å²) in [5.74, 6) is 0.726. The molecule has 0 saturated heterocycles. The number of aliphatic hydroxyl groups excluding tert-OH is 1. The third-order valence-corrected chi connectivity index (χ3v) is 2.76. The smallest absolute Gasteiger partial charge is 0.156 e. The van der Waals surface area contributed by atoms with Gasteiger partial charge in [-0.3, -0.25) is 0 Å². The number of ether oxygens (including phenoxy) is 1. The van der Waals surface area contributed by atoms with Crippen LogP contribution in [0.15, 0.2) is 30.5 Å². The SMILES string of the molecule is COCC(CCO)Nc1nncc2ccccc12. The standard InChI is InChI=1S/C13H17N3O2/c1-18-9-11(6-7-17)15-13-12-5-3-2-4-10(12)8-14-16-13/h2-5,8,11,17H,6-7,9H2,1H3,(H,15,16). The Morgan fingerprint density at radius 2 is 2.22 bits per heavy atom. The quantitative estimate of drug-likeness (QED) is 0.808. The van der Waals surface area contributed by atoms with Crippen LogP contribution in [-0.2, 0) is 4.74 Å². The molecule has 1 atom stereocenters. The van der Waals surface area contributed by atoms with Crippen LogP contribution < -0.4 is 5.32 Å². The number of hydrogen-bond donors (Lipinski definition) is 2.